The van der Waals surface area contributed by atoms with Gasteiger partial charge in [-0.05, 0) is 17.4 Å². The molecule has 2 heteroatoms. The molecule has 1 aromatic rings. The Morgan fingerprint density at radius 2 is 1.94 bits per heavy atom. The first-order valence-electron chi connectivity index (χ1n) is 5.99. The molecule has 0 heterocycles. The Bertz CT molecular complexity index is 372. The summed E-state index contributed by atoms with van der Waals surface area (Å²) in [5, 5.41) is 4.46. The average molecular weight is 230 g/mol. The quantitative estimate of drug-likeness (QED) is 0.355. The maximum absolute atomic E-state index is 4.46. The van der Waals surface area contributed by atoms with Crippen LogP contribution in [0.25, 0.3) is 0 Å². The van der Waals surface area contributed by atoms with Gasteiger partial charge in [0.2, 0.25) is 0 Å². The minimum absolute atomic E-state index is 0.227. The van der Waals surface area contributed by atoms with Gasteiger partial charge in [0.05, 0.1) is 12.3 Å². The molecule has 0 aromatic heterocycles. The molecule has 0 radical (unpaired) electrons. The summed E-state index contributed by atoms with van der Waals surface area (Å²) in [6, 6.07) is 10.3. The summed E-state index contributed by atoms with van der Waals surface area (Å²) in [6.07, 6.45) is 2.75. The summed E-state index contributed by atoms with van der Waals surface area (Å²) in [4.78, 5) is 0. The van der Waals surface area contributed by atoms with Gasteiger partial charge in [0.15, 0.2) is 0 Å². The number of rotatable bonds is 5. The predicted octanol–water partition coefficient (Wildman–Crippen LogP) is 3.60. The lowest BCUT2D eigenvalue weighted by Gasteiger charge is -2.19. The highest BCUT2D eigenvalue weighted by Gasteiger charge is 2.15. The minimum atomic E-state index is 0.227. The summed E-state index contributed by atoms with van der Waals surface area (Å²) in [7, 11) is 0. The molecule has 0 aliphatic rings. The Kier molecular flexibility index (Phi) is 4.95. The van der Waals surface area contributed by atoms with Crippen LogP contribution in [0.2, 0.25) is 0 Å². The van der Waals surface area contributed by atoms with Crippen molar-refractivity contribution in [2.45, 2.75) is 27.2 Å². The van der Waals surface area contributed by atoms with Crippen molar-refractivity contribution in [2.24, 2.45) is 10.5 Å². The van der Waals surface area contributed by atoms with Crippen molar-refractivity contribution in [1.82, 2.24) is 5.43 Å². The molecule has 2 nitrogen and oxygen atoms in total. The van der Waals surface area contributed by atoms with E-state index >= 15 is 0 Å². The first kappa shape index (κ1) is 13.5. The highest BCUT2D eigenvalue weighted by atomic mass is 15.3. The SMILES string of the molecule is C=CCN/N=C(\CC(C)(C)C)c1ccccc1. The number of nitrogens with one attached hydrogen (secondary N) is 1. The standard InChI is InChI=1S/C15H22N2/c1-5-11-16-17-14(12-15(2,3)4)13-9-7-6-8-10-13/h5-10,16H,1,11-12H2,2-4H3/b17-14+. The van der Waals surface area contributed by atoms with Crippen LogP contribution in [0.15, 0.2) is 48.1 Å². The molecular formula is C15H22N2. The zero-order valence-corrected chi connectivity index (χ0v) is 11.0. The van der Waals surface area contributed by atoms with E-state index in [4.69, 9.17) is 0 Å². The van der Waals surface area contributed by atoms with Crippen LogP contribution in [0.3, 0.4) is 0 Å². The van der Waals surface area contributed by atoms with Crippen LogP contribution in [-0.4, -0.2) is 12.3 Å². The Morgan fingerprint density at radius 1 is 1.29 bits per heavy atom. The highest BCUT2D eigenvalue weighted by molar-refractivity contribution is 6.00. The molecule has 0 aliphatic heterocycles. The van der Waals surface area contributed by atoms with Gasteiger partial charge in [-0.2, -0.15) is 5.10 Å². The van der Waals surface area contributed by atoms with Gasteiger partial charge < -0.3 is 5.43 Å². The van der Waals surface area contributed by atoms with Crippen LogP contribution >= 0.6 is 0 Å². The van der Waals surface area contributed by atoms with E-state index in [0.717, 1.165) is 12.1 Å². The van der Waals surface area contributed by atoms with Gasteiger partial charge in [0, 0.05) is 0 Å². The smallest absolute Gasteiger partial charge is 0.0680 e. The molecule has 0 atom stereocenters. The Hall–Kier alpha value is -1.57. The van der Waals surface area contributed by atoms with Crippen molar-refractivity contribution in [1.29, 1.82) is 0 Å². The van der Waals surface area contributed by atoms with Crippen molar-refractivity contribution >= 4 is 5.71 Å². The van der Waals surface area contributed by atoms with Gasteiger partial charge >= 0.3 is 0 Å². The fraction of sp³-hybridized carbons (Fsp3) is 0.400. The molecule has 0 spiro atoms. The van der Waals surface area contributed by atoms with E-state index in [0.29, 0.717) is 6.54 Å². The third-order valence-corrected chi connectivity index (χ3v) is 2.25. The second kappa shape index (κ2) is 6.24. The molecule has 0 amide bonds. The van der Waals surface area contributed by atoms with Crippen molar-refractivity contribution in [3.05, 3.63) is 48.6 Å². The van der Waals surface area contributed by atoms with Crippen LogP contribution in [0.1, 0.15) is 32.8 Å². The molecule has 0 bridgehead atoms. The average Bonchev–Trinajstić information content (AvgIpc) is 2.28. The summed E-state index contributed by atoms with van der Waals surface area (Å²) in [6.45, 7) is 11.0. The van der Waals surface area contributed by atoms with Gasteiger partial charge in [0.1, 0.15) is 0 Å². The topological polar surface area (TPSA) is 24.4 Å². The summed E-state index contributed by atoms with van der Waals surface area (Å²) in [5.41, 5.74) is 5.53. The minimum Gasteiger partial charge on any atom is -0.306 e. The monoisotopic (exact) mass is 230 g/mol. The van der Waals surface area contributed by atoms with E-state index in [-0.39, 0.29) is 5.41 Å². The van der Waals surface area contributed by atoms with Gasteiger partial charge in [-0.25, -0.2) is 0 Å². The second-order valence-corrected chi connectivity index (χ2v) is 5.31. The van der Waals surface area contributed by atoms with Crippen LogP contribution in [-0.2, 0) is 0 Å². The maximum Gasteiger partial charge on any atom is 0.0680 e. The zero-order chi connectivity index (χ0) is 12.7. The van der Waals surface area contributed by atoms with Crippen LogP contribution < -0.4 is 5.43 Å². The Balaban J connectivity index is 2.86. The fourth-order valence-corrected chi connectivity index (χ4v) is 1.54. The molecule has 17 heavy (non-hydrogen) atoms. The predicted molar refractivity (Wildman–Crippen MR) is 75.3 cm³/mol. The molecule has 0 saturated carbocycles. The highest BCUT2D eigenvalue weighted by Crippen LogP contribution is 2.21. The van der Waals surface area contributed by atoms with Gasteiger partial charge in [-0.15, -0.1) is 6.58 Å². The van der Waals surface area contributed by atoms with E-state index in [2.05, 4.69) is 50.0 Å². The number of hydrogen-bond acceptors (Lipinski definition) is 2. The molecule has 92 valence electrons. The van der Waals surface area contributed by atoms with Crippen molar-refractivity contribution in [3.63, 3.8) is 0 Å². The third-order valence-electron chi connectivity index (χ3n) is 2.25. The lowest BCUT2D eigenvalue weighted by Crippen LogP contribution is -2.18. The van der Waals surface area contributed by atoms with E-state index < -0.39 is 0 Å². The first-order chi connectivity index (χ1) is 8.03. The normalized spacial score (nSPS) is 12.3. The lowest BCUT2D eigenvalue weighted by molar-refractivity contribution is 0.433. The van der Waals surface area contributed by atoms with Crippen LogP contribution in [0, 0.1) is 5.41 Å². The lowest BCUT2D eigenvalue weighted by atomic mass is 9.87. The van der Waals surface area contributed by atoms with Crippen molar-refractivity contribution in [2.75, 3.05) is 6.54 Å². The molecule has 1 aromatic carbocycles. The number of hydrogen-bond donors (Lipinski definition) is 1. The molecule has 1 N–H and O–H groups in total. The van der Waals surface area contributed by atoms with Crippen molar-refractivity contribution < 1.29 is 0 Å². The van der Waals surface area contributed by atoms with E-state index in [1.807, 2.05) is 24.3 Å². The first-order valence-corrected chi connectivity index (χ1v) is 5.99. The molecule has 0 saturated heterocycles. The Morgan fingerprint density at radius 3 is 2.47 bits per heavy atom. The number of benzene rings is 1. The van der Waals surface area contributed by atoms with Crippen molar-refractivity contribution in [3.8, 4) is 0 Å². The largest absolute Gasteiger partial charge is 0.306 e. The Labute approximate surface area is 104 Å². The van der Waals surface area contributed by atoms with E-state index in [9.17, 15) is 0 Å². The van der Waals surface area contributed by atoms with Gasteiger partial charge in [-0.3, -0.25) is 0 Å². The van der Waals surface area contributed by atoms with E-state index in [1.165, 1.54) is 5.56 Å². The third kappa shape index (κ3) is 5.34. The molecule has 0 fully saturated rings. The molecule has 0 unspecified atom stereocenters. The van der Waals surface area contributed by atoms with Crippen LogP contribution in [0.4, 0.5) is 0 Å². The number of nitrogens with zero attached hydrogens (tertiary/aromatic N) is 1. The van der Waals surface area contributed by atoms with Crippen LogP contribution in [0.5, 0.6) is 0 Å². The summed E-state index contributed by atoms with van der Waals surface area (Å²) in [5.74, 6) is 0. The van der Waals surface area contributed by atoms with E-state index in [1.54, 1.807) is 0 Å². The fourth-order valence-electron chi connectivity index (χ4n) is 1.54. The molecule has 1 rings (SSSR count). The zero-order valence-electron chi connectivity index (χ0n) is 11.0. The summed E-state index contributed by atoms with van der Waals surface area (Å²) >= 11 is 0. The number of hydrazone groups is 1. The maximum atomic E-state index is 4.46. The van der Waals surface area contributed by atoms with Gasteiger partial charge in [0.25, 0.3) is 0 Å². The molecular weight excluding hydrogens is 208 g/mol. The molecule has 0 aliphatic carbocycles. The summed E-state index contributed by atoms with van der Waals surface area (Å²) < 4.78 is 0. The van der Waals surface area contributed by atoms with Gasteiger partial charge in [-0.1, -0.05) is 57.2 Å². The second-order valence-electron chi connectivity index (χ2n) is 5.31.